The lowest BCUT2D eigenvalue weighted by Gasteiger charge is -2.13. The summed E-state index contributed by atoms with van der Waals surface area (Å²) in [5.74, 6) is 0.614. The van der Waals surface area contributed by atoms with Gasteiger partial charge in [-0.3, -0.25) is 0 Å². The van der Waals surface area contributed by atoms with Gasteiger partial charge in [-0.05, 0) is 37.6 Å². The first-order valence-corrected chi connectivity index (χ1v) is 5.10. The Bertz CT molecular complexity index is 315. The molecule has 15 heavy (non-hydrogen) atoms. The fraction of sp³-hybridized carbons (Fsp3) is 0.455. The van der Waals surface area contributed by atoms with Gasteiger partial charge in [0.25, 0.3) is 0 Å². The molecular formula is C11H18N2O2. The highest BCUT2D eigenvalue weighted by Crippen LogP contribution is 2.29. The van der Waals surface area contributed by atoms with Gasteiger partial charge in [-0.15, -0.1) is 0 Å². The zero-order chi connectivity index (χ0) is 11.3. The van der Waals surface area contributed by atoms with Crippen LogP contribution < -0.4 is 16.2 Å². The molecule has 0 aliphatic carbocycles. The summed E-state index contributed by atoms with van der Waals surface area (Å²) < 4.78 is 5.27. The van der Waals surface area contributed by atoms with Gasteiger partial charge in [0, 0.05) is 6.04 Å². The summed E-state index contributed by atoms with van der Waals surface area (Å²) in [5, 5.41) is 9.49. The third-order valence-corrected chi connectivity index (χ3v) is 2.19. The maximum Gasteiger partial charge on any atom is 0.161 e. The minimum Gasteiger partial charge on any atom is -0.504 e. The van der Waals surface area contributed by atoms with Crippen molar-refractivity contribution in [3.63, 3.8) is 0 Å². The second kappa shape index (κ2) is 5.58. The Kier molecular flexibility index (Phi) is 4.39. The van der Waals surface area contributed by atoms with Crippen LogP contribution in [0.1, 0.15) is 24.9 Å². The summed E-state index contributed by atoms with van der Waals surface area (Å²) >= 11 is 0. The minimum absolute atomic E-state index is 0.102. The first-order chi connectivity index (χ1) is 7.19. The molecule has 0 saturated heterocycles. The van der Waals surface area contributed by atoms with Crippen molar-refractivity contribution < 1.29 is 9.84 Å². The number of benzene rings is 1. The van der Waals surface area contributed by atoms with Crippen molar-refractivity contribution in [1.29, 1.82) is 0 Å². The zero-order valence-corrected chi connectivity index (χ0v) is 8.94. The summed E-state index contributed by atoms with van der Waals surface area (Å²) in [6, 6.07) is 5.04. The molecule has 84 valence electrons. The average molecular weight is 210 g/mol. The molecule has 0 unspecified atom stereocenters. The van der Waals surface area contributed by atoms with Crippen molar-refractivity contribution in [2.45, 2.75) is 19.4 Å². The molecule has 0 radical (unpaired) electrons. The van der Waals surface area contributed by atoms with Crippen LogP contribution in [0.5, 0.6) is 11.5 Å². The smallest absolute Gasteiger partial charge is 0.161 e. The summed E-state index contributed by atoms with van der Waals surface area (Å²) in [7, 11) is 0. The van der Waals surface area contributed by atoms with Crippen LogP contribution in [0.4, 0.5) is 0 Å². The van der Waals surface area contributed by atoms with E-state index in [1.807, 2.05) is 6.92 Å². The number of hydrogen-bond acceptors (Lipinski definition) is 4. The van der Waals surface area contributed by atoms with Crippen LogP contribution in [0, 0.1) is 0 Å². The molecule has 0 saturated carbocycles. The van der Waals surface area contributed by atoms with Crippen molar-refractivity contribution in [2.75, 3.05) is 13.2 Å². The first kappa shape index (κ1) is 11.8. The fourth-order valence-electron chi connectivity index (χ4n) is 1.38. The standard InChI is InChI=1S/C11H18N2O2/c1-2-15-11-7-8(3-4-10(11)14)9(13)5-6-12/h3-4,7,9,14H,2,5-6,12-13H2,1H3/t9-/m1/s1. The normalized spacial score (nSPS) is 12.5. The van der Waals surface area contributed by atoms with E-state index in [4.69, 9.17) is 16.2 Å². The van der Waals surface area contributed by atoms with Crippen LogP contribution in [0.15, 0.2) is 18.2 Å². The van der Waals surface area contributed by atoms with Gasteiger partial charge in [-0.1, -0.05) is 6.07 Å². The van der Waals surface area contributed by atoms with Crippen LogP contribution >= 0.6 is 0 Å². The van der Waals surface area contributed by atoms with Gasteiger partial charge in [0.2, 0.25) is 0 Å². The molecule has 0 aliphatic rings. The van der Waals surface area contributed by atoms with Gasteiger partial charge >= 0.3 is 0 Å². The molecule has 4 heteroatoms. The second-order valence-electron chi connectivity index (χ2n) is 3.34. The van der Waals surface area contributed by atoms with E-state index in [2.05, 4.69) is 0 Å². The Morgan fingerprint density at radius 2 is 2.20 bits per heavy atom. The van der Waals surface area contributed by atoms with Crippen molar-refractivity contribution in [3.05, 3.63) is 23.8 Å². The summed E-state index contributed by atoms with van der Waals surface area (Å²) in [6.07, 6.45) is 0.719. The van der Waals surface area contributed by atoms with E-state index in [-0.39, 0.29) is 11.8 Å². The van der Waals surface area contributed by atoms with Gasteiger partial charge in [-0.25, -0.2) is 0 Å². The van der Waals surface area contributed by atoms with Crippen molar-refractivity contribution in [3.8, 4) is 11.5 Å². The molecule has 0 spiro atoms. The SMILES string of the molecule is CCOc1cc([C@H](N)CCN)ccc1O. The maximum atomic E-state index is 9.49. The van der Waals surface area contributed by atoms with E-state index in [1.165, 1.54) is 0 Å². The van der Waals surface area contributed by atoms with Gasteiger partial charge in [0.05, 0.1) is 6.61 Å². The predicted octanol–water partition coefficient (Wildman–Crippen LogP) is 1.14. The molecule has 0 aliphatic heterocycles. The molecule has 0 bridgehead atoms. The lowest BCUT2D eigenvalue weighted by Crippen LogP contribution is -2.15. The Morgan fingerprint density at radius 1 is 1.47 bits per heavy atom. The molecule has 0 amide bonds. The predicted molar refractivity (Wildman–Crippen MR) is 59.9 cm³/mol. The topological polar surface area (TPSA) is 81.5 Å². The van der Waals surface area contributed by atoms with Crippen LogP contribution in [0.3, 0.4) is 0 Å². The van der Waals surface area contributed by atoms with Crippen molar-refractivity contribution in [2.24, 2.45) is 11.5 Å². The number of aromatic hydroxyl groups is 1. The number of phenolic OH excluding ortho intramolecular Hbond substituents is 1. The molecule has 1 aromatic carbocycles. The Balaban J connectivity index is 2.86. The number of phenols is 1. The second-order valence-corrected chi connectivity index (χ2v) is 3.34. The van der Waals surface area contributed by atoms with E-state index >= 15 is 0 Å². The van der Waals surface area contributed by atoms with Crippen LogP contribution in [-0.4, -0.2) is 18.3 Å². The largest absolute Gasteiger partial charge is 0.504 e. The number of rotatable bonds is 5. The minimum atomic E-state index is -0.102. The molecule has 0 heterocycles. The molecule has 0 fully saturated rings. The Labute approximate surface area is 89.8 Å². The van der Waals surface area contributed by atoms with Crippen molar-refractivity contribution >= 4 is 0 Å². The van der Waals surface area contributed by atoms with Crippen molar-refractivity contribution in [1.82, 2.24) is 0 Å². The highest BCUT2D eigenvalue weighted by atomic mass is 16.5. The number of ether oxygens (including phenoxy) is 1. The molecule has 1 rings (SSSR count). The fourth-order valence-corrected chi connectivity index (χ4v) is 1.38. The molecule has 1 aromatic rings. The van der Waals surface area contributed by atoms with E-state index in [9.17, 15) is 5.11 Å². The zero-order valence-electron chi connectivity index (χ0n) is 8.94. The van der Waals surface area contributed by atoms with Crippen LogP contribution in [0.25, 0.3) is 0 Å². The summed E-state index contributed by atoms with van der Waals surface area (Å²) in [5.41, 5.74) is 12.3. The molecule has 1 atom stereocenters. The van der Waals surface area contributed by atoms with Gasteiger partial charge in [-0.2, -0.15) is 0 Å². The van der Waals surface area contributed by atoms with Crippen LogP contribution in [-0.2, 0) is 0 Å². The van der Waals surface area contributed by atoms with Gasteiger partial charge < -0.3 is 21.3 Å². The van der Waals surface area contributed by atoms with Gasteiger partial charge in [0.1, 0.15) is 0 Å². The third-order valence-electron chi connectivity index (χ3n) is 2.19. The van der Waals surface area contributed by atoms with E-state index in [0.717, 1.165) is 12.0 Å². The highest BCUT2D eigenvalue weighted by Gasteiger charge is 2.09. The Morgan fingerprint density at radius 3 is 2.80 bits per heavy atom. The summed E-state index contributed by atoms with van der Waals surface area (Å²) in [4.78, 5) is 0. The monoisotopic (exact) mass is 210 g/mol. The van der Waals surface area contributed by atoms with E-state index in [0.29, 0.717) is 18.9 Å². The lowest BCUT2D eigenvalue weighted by molar-refractivity contribution is 0.317. The lowest BCUT2D eigenvalue weighted by atomic mass is 10.0. The molecular weight excluding hydrogens is 192 g/mol. The van der Waals surface area contributed by atoms with Gasteiger partial charge in [0.15, 0.2) is 11.5 Å². The Hall–Kier alpha value is -1.26. The quantitative estimate of drug-likeness (QED) is 0.680. The average Bonchev–Trinajstić information content (AvgIpc) is 2.22. The molecule has 5 N–H and O–H groups in total. The highest BCUT2D eigenvalue weighted by molar-refractivity contribution is 5.42. The first-order valence-electron chi connectivity index (χ1n) is 5.10. The number of nitrogens with two attached hydrogens (primary N) is 2. The molecule has 0 aromatic heterocycles. The van der Waals surface area contributed by atoms with Crippen LogP contribution in [0.2, 0.25) is 0 Å². The summed E-state index contributed by atoms with van der Waals surface area (Å²) in [6.45, 7) is 2.93. The number of hydrogen-bond donors (Lipinski definition) is 3. The van der Waals surface area contributed by atoms with E-state index in [1.54, 1.807) is 18.2 Å². The molecule has 4 nitrogen and oxygen atoms in total. The maximum absolute atomic E-state index is 9.49. The third kappa shape index (κ3) is 3.11. The van der Waals surface area contributed by atoms with E-state index < -0.39 is 0 Å².